The van der Waals surface area contributed by atoms with E-state index in [4.69, 9.17) is 9.47 Å². The van der Waals surface area contributed by atoms with E-state index in [2.05, 4.69) is 0 Å². The molecule has 0 bridgehead atoms. The summed E-state index contributed by atoms with van der Waals surface area (Å²) in [4.78, 5) is 13.1. The fraction of sp³-hybridized carbons (Fsp3) is 0.350. The zero-order chi connectivity index (χ0) is 19.8. The lowest BCUT2D eigenvalue weighted by atomic mass is 9.96. The number of amides is 1. The highest BCUT2D eigenvalue weighted by molar-refractivity contribution is 7.90. The summed E-state index contributed by atoms with van der Waals surface area (Å²) in [5, 5.41) is 0. The predicted octanol–water partition coefficient (Wildman–Crippen LogP) is 3.02. The van der Waals surface area contributed by atoms with Gasteiger partial charge in [0.1, 0.15) is 11.5 Å². The predicted molar refractivity (Wildman–Crippen MR) is 103 cm³/mol. The van der Waals surface area contributed by atoms with E-state index in [1.807, 2.05) is 26.0 Å². The number of hydrogen-bond donors (Lipinski definition) is 0. The van der Waals surface area contributed by atoms with Crippen molar-refractivity contribution >= 4 is 16.2 Å². The van der Waals surface area contributed by atoms with Crippen LogP contribution in [0.25, 0.3) is 11.1 Å². The summed E-state index contributed by atoms with van der Waals surface area (Å²) >= 11 is 0. The zero-order valence-corrected chi connectivity index (χ0v) is 16.7. The maximum absolute atomic E-state index is 12.1. The highest BCUT2D eigenvalue weighted by Gasteiger charge is 2.25. The fourth-order valence-corrected chi connectivity index (χ4v) is 3.90. The normalized spacial score (nSPS) is 13.6. The van der Waals surface area contributed by atoms with Crippen LogP contribution in [0, 0.1) is 0 Å². The zero-order valence-electron chi connectivity index (χ0n) is 15.9. The van der Waals surface area contributed by atoms with Crippen LogP contribution in [0.1, 0.15) is 25.0 Å². The Balaban J connectivity index is 2.26. The van der Waals surface area contributed by atoms with Gasteiger partial charge < -0.3 is 14.4 Å². The van der Waals surface area contributed by atoms with Crippen molar-refractivity contribution in [2.75, 3.05) is 13.4 Å². The van der Waals surface area contributed by atoms with Crippen molar-refractivity contribution in [3.8, 4) is 22.6 Å². The molecule has 0 spiro atoms. The monoisotopic (exact) mass is 389 g/mol. The number of carbonyl (C=O) groups is 1. The lowest BCUT2D eigenvalue weighted by Crippen LogP contribution is -2.12. The summed E-state index contributed by atoms with van der Waals surface area (Å²) in [6.07, 6.45) is 1.92. The molecule has 27 heavy (non-hydrogen) atoms. The number of ether oxygens (including phenoxy) is 2. The number of benzene rings is 2. The van der Waals surface area contributed by atoms with E-state index in [9.17, 15) is 13.2 Å². The minimum Gasteiger partial charge on any atom is -0.497 e. The first kappa shape index (κ1) is 19.2. The van der Waals surface area contributed by atoms with E-state index in [1.54, 1.807) is 30.2 Å². The summed E-state index contributed by atoms with van der Waals surface area (Å²) in [6.45, 7) is 4.79. The number of nitrogens with zero attached hydrogens (tertiary/aromatic N) is 1. The van der Waals surface area contributed by atoms with Crippen molar-refractivity contribution in [2.45, 2.75) is 37.9 Å². The smallest absolute Gasteiger partial charge is 0.210 e. The van der Waals surface area contributed by atoms with E-state index in [1.165, 1.54) is 6.26 Å². The first-order valence-corrected chi connectivity index (χ1v) is 10.5. The summed E-state index contributed by atoms with van der Waals surface area (Å²) in [6, 6.07) is 8.64. The molecular weight excluding hydrogens is 366 g/mol. The maximum Gasteiger partial charge on any atom is 0.210 e. The van der Waals surface area contributed by atoms with Crippen LogP contribution in [0.5, 0.6) is 11.5 Å². The molecule has 2 aromatic carbocycles. The van der Waals surface area contributed by atoms with Gasteiger partial charge in [-0.1, -0.05) is 0 Å². The van der Waals surface area contributed by atoms with Crippen molar-refractivity contribution < 1.29 is 22.7 Å². The van der Waals surface area contributed by atoms with Gasteiger partial charge >= 0.3 is 0 Å². The molecule has 0 radical (unpaired) electrons. The summed E-state index contributed by atoms with van der Waals surface area (Å²) in [5.41, 5.74) is 3.45. The van der Waals surface area contributed by atoms with E-state index >= 15 is 0 Å². The molecule has 0 aromatic heterocycles. The highest BCUT2D eigenvalue weighted by atomic mass is 32.2. The molecule has 0 fully saturated rings. The average molecular weight is 389 g/mol. The molecule has 0 aliphatic carbocycles. The van der Waals surface area contributed by atoms with Crippen LogP contribution in [0.4, 0.5) is 0 Å². The van der Waals surface area contributed by atoms with Crippen molar-refractivity contribution in [2.24, 2.45) is 0 Å². The second-order valence-corrected chi connectivity index (χ2v) is 8.94. The molecule has 1 aliphatic rings. The molecule has 6 nitrogen and oxygen atoms in total. The third-order valence-electron chi connectivity index (χ3n) is 4.47. The Morgan fingerprint density at radius 1 is 1.11 bits per heavy atom. The highest BCUT2D eigenvalue weighted by Crippen LogP contribution is 2.41. The van der Waals surface area contributed by atoms with Crippen LogP contribution in [0.3, 0.4) is 0 Å². The Bertz CT molecular complexity index is 982. The quantitative estimate of drug-likeness (QED) is 0.710. The van der Waals surface area contributed by atoms with Gasteiger partial charge in [-0.05, 0) is 60.9 Å². The number of carbonyl (C=O) groups excluding carboxylic acids is 1. The molecule has 1 heterocycles. The van der Waals surface area contributed by atoms with Gasteiger partial charge in [-0.3, -0.25) is 4.79 Å². The van der Waals surface area contributed by atoms with Crippen LogP contribution in [0.2, 0.25) is 0 Å². The topological polar surface area (TPSA) is 72.9 Å². The second-order valence-electron chi connectivity index (χ2n) is 6.92. The lowest BCUT2D eigenvalue weighted by molar-refractivity contribution is -0.118. The van der Waals surface area contributed by atoms with Gasteiger partial charge in [0.25, 0.3) is 0 Å². The Morgan fingerprint density at radius 3 is 2.44 bits per heavy atom. The molecule has 2 aromatic rings. The van der Waals surface area contributed by atoms with E-state index in [0.29, 0.717) is 30.2 Å². The van der Waals surface area contributed by atoms with E-state index < -0.39 is 9.84 Å². The first-order chi connectivity index (χ1) is 12.7. The molecule has 0 atom stereocenters. The van der Waals surface area contributed by atoms with Crippen LogP contribution < -0.4 is 9.47 Å². The third-order valence-corrected chi connectivity index (χ3v) is 5.58. The Morgan fingerprint density at radius 2 is 1.85 bits per heavy atom. The van der Waals surface area contributed by atoms with Gasteiger partial charge in [0.2, 0.25) is 6.41 Å². The summed E-state index contributed by atoms with van der Waals surface area (Å²) in [5.74, 6) is 1.24. The molecule has 1 amide bonds. The Kier molecular flexibility index (Phi) is 5.15. The standard InChI is InChI=1S/C20H23NO5S/c1-13(2)26-20-6-5-16(27(4,23)24)9-18(20)17-8-15(25-3)7-14-10-21(12-22)11-19(14)17/h5-9,12-13H,10-11H2,1-4H3. The number of hydrogen-bond acceptors (Lipinski definition) is 5. The molecule has 0 unspecified atom stereocenters. The van der Waals surface area contributed by atoms with Crippen LogP contribution in [-0.2, 0) is 27.7 Å². The van der Waals surface area contributed by atoms with E-state index in [0.717, 1.165) is 23.1 Å². The molecule has 1 aliphatic heterocycles. The molecular formula is C20H23NO5S. The number of methoxy groups -OCH3 is 1. The van der Waals surface area contributed by atoms with Crippen molar-refractivity contribution in [3.05, 3.63) is 41.5 Å². The Hall–Kier alpha value is -2.54. The second kappa shape index (κ2) is 7.23. The van der Waals surface area contributed by atoms with Gasteiger partial charge in [0.15, 0.2) is 9.84 Å². The van der Waals surface area contributed by atoms with Crippen LogP contribution >= 0.6 is 0 Å². The summed E-state index contributed by atoms with van der Waals surface area (Å²) < 4.78 is 35.5. The maximum atomic E-state index is 12.1. The molecule has 0 N–H and O–H groups in total. The van der Waals surface area contributed by atoms with Gasteiger partial charge in [-0.15, -0.1) is 0 Å². The van der Waals surface area contributed by atoms with Crippen LogP contribution in [0.15, 0.2) is 35.2 Å². The first-order valence-electron chi connectivity index (χ1n) is 8.63. The largest absolute Gasteiger partial charge is 0.497 e. The van der Waals surface area contributed by atoms with Gasteiger partial charge in [-0.25, -0.2) is 8.42 Å². The van der Waals surface area contributed by atoms with Crippen molar-refractivity contribution in [1.82, 2.24) is 4.90 Å². The SMILES string of the molecule is COc1cc2c(c(-c3cc(S(C)(=O)=O)ccc3OC(C)C)c1)CN(C=O)C2. The minimum absolute atomic E-state index is 0.0713. The van der Waals surface area contributed by atoms with Crippen molar-refractivity contribution in [3.63, 3.8) is 0 Å². The van der Waals surface area contributed by atoms with Gasteiger partial charge in [-0.2, -0.15) is 0 Å². The fourth-order valence-electron chi connectivity index (χ4n) is 3.25. The van der Waals surface area contributed by atoms with Gasteiger partial charge in [0.05, 0.1) is 18.1 Å². The lowest BCUT2D eigenvalue weighted by Gasteiger charge is -2.18. The number of fused-ring (bicyclic) bond motifs is 1. The molecule has 7 heteroatoms. The number of sulfone groups is 1. The van der Waals surface area contributed by atoms with Crippen molar-refractivity contribution in [1.29, 1.82) is 0 Å². The van der Waals surface area contributed by atoms with Crippen LogP contribution in [-0.4, -0.2) is 39.2 Å². The molecule has 144 valence electrons. The molecule has 3 rings (SSSR count). The average Bonchev–Trinajstić information content (AvgIpc) is 3.03. The van der Waals surface area contributed by atoms with E-state index in [-0.39, 0.29) is 11.0 Å². The van der Waals surface area contributed by atoms with Gasteiger partial charge in [0, 0.05) is 24.9 Å². The summed E-state index contributed by atoms with van der Waals surface area (Å²) in [7, 11) is -1.80. The molecule has 0 saturated heterocycles. The third kappa shape index (κ3) is 3.93. The Labute approximate surface area is 159 Å². The number of rotatable bonds is 6. The molecule has 0 saturated carbocycles. The minimum atomic E-state index is -3.38.